The van der Waals surface area contributed by atoms with Crippen molar-refractivity contribution in [1.82, 2.24) is 5.32 Å². The lowest BCUT2D eigenvalue weighted by molar-refractivity contribution is -0.140. The van der Waals surface area contributed by atoms with Crippen LogP contribution in [0.5, 0.6) is 0 Å². The average Bonchev–Trinajstić information content (AvgIpc) is 2.81. The molecule has 0 saturated heterocycles. The van der Waals surface area contributed by atoms with E-state index in [1.54, 1.807) is 13.8 Å². The zero-order valence-corrected chi connectivity index (χ0v) is 11.4. The minimum atomic E-state index is -0.914. The van der Waals surface area contributed by atoms with Gasteiger partial charge >= 0.3 is 5.97 Å². The Morgan fingerprint density at radius 1 is 1.28 bits per heavy atom. The van der Waals surface area contributed by atoms with Crippen molar-refractivity contribution in [3.05, 3.63) is 0 Å². The monoisotopic (exact) mass is 257 g/mol. The van der Waals surface area contributed by atoms with Crippen LogP contribution >= 0.6 is 0 Å². The van der Waals surface area contributed by atoms with Crippen LogP contribution in [0.2, 0.25) is 0 Å². The number of nitrogens with one attached hydrogen (secondary N) is 1. The molecule has 0 radical (unpaired) electrons. The van der Waals surface area contributed by atoms with Gasteiger partial charge in [-0.25, -0.2) is 0 Å². The summed E-state index contributed by atoms with van der Waals surface area (Å²) in [5.41, 5.74) is -0.476. The molecule has 0 spiro atoms. The lowest BCUT2D eigenvalue weighted by atomic mass is 10.0. The number of carbonyl (C=O) groups is 2. The van der Waals surface area contributed by atoms with Gasteiger partial charge in [0.05, 0.1) is 11.8 Å². The van der Waals surface area contributed by atoms with Gasteiger partial charge in [-0.2, -0.15) is 0 Å². The highest BCUT2D eigenvalue weighted by Crippen LogP contribution is 2.58. The van der Waals surface area contributed by atoms with E-state index in [-0.39, 0.29) is 24.5 Å². The van der Waals surface area contributed by atoms with E-state index in [9.17, 15) is 9.59 Å². The molecule has 0 aliphatic heterocycles. The molecule has 0 heterocycles. The summed E-state index contributed by atoms with van der Waals surface area (Å²) < 4.78 is 0. The molecular formula is C13H23NO4. The predicted molar refractivity (Wildman–Crippen MR) is 66.9 cm³/mol. The SMILES string of the molecule is CC(C)C(CCO)NC(=O)C1C(C(=O)O)C1(C)C. The van der Waals surface area contributed by atoms with Crippen molar-refractivity contribution in [1.29, 1.82) is 0 Å². The summed E-state index contributed by atoms with van der Waals surface area (Å²) in [6.07, 6.45) is 0.494. The number of rotatable bonds is 6. The van der Waals surface area contributed by atoms with Crippen LogP contribution in [0.3, 0.4) is 0 Å². The molecule has 3 unspecified atom stereocenters. The summed E-state index contributed by atoms with van der Waals surface area (Å²) in [4.78, 5) is 23.1. The van der Waals surface area contributed by atoms with Gasteiger partial charge in [0, 0.05) is 12.6 Å². The van der Waals surface area contributed by atoms with E-state index < -0.39 is 23.2 Å². The number of hydrogen-bond acceptors (Lipinski definition) is 3. The number of aliphatic hydroxyl groups excluding tert-OH is 1. The quantitative estimate of drug-likeness (QED) is 0.659. The topological polar surface area (TPSA) is 86.6 Å². The van der Waals surface area contributed by atoms with E-state index in [4.69, 9.17) is 10.2 Å². The molecule has 104 valence electrons. The molecule has 1 rings (SSSR count). The second-order valence-corrected chi connectivity index (χ2v) is 5.99. The summed E-state index contributed by atoms with van der Waals surface area (Å²) in [5.74, 6) is -1.97. The molecule has 1 amide bonds. The average molecular weight is 257 g/mol. The molecule has 5 heteroatoms. The number of amides is 1. The molecule has 0 aromatic carbocycles. The van der Waals surface area contributed by atoms with E-state index in [1.807, 2.05) is 13.8 Å². The van der Waals surface area contributed by atoms with E-state index in [1.165, 1.54) is 0 Å². The first-order valence-electron chi connectivity index (χ1n) is 6.37. The molecule has 0 bridgehead atoms. The standard InChI is InChI=1S/C13H23NO4/c1-7(2)8(5-6-15)14-11(16)9-10(12(17)18)13(9,3)4/h7-10,15H,5-6H2,1-4H3,(H,14,16)(H,17,18). The largest absolute Gasteiger partial charge is 0.481 e. The van der Waals surface area contributed by atoms with Gasteiger partial charge in [0.2, 0.25) is 5.91 Å². The van der Waals surface area contributed by atoms with Crippen molar-refractivity contribution in [3.8, 4) is 0 Å². The Bertz CT molecular complexity index is 338. The summed E-state index contributed by atoms with van der Waals surface area (Å²) >= 11 is 0. The number of aliphatic carboxylic acids is 1. The van der Waals surface area contributed by atoms with Crippen LogP contribution in [-0.4, -0.2) is 34.7 Å². The van der Waals surface area contributed by atoms with Crippen LogP contribution in [0.15, 0.2) is 0 Å². The Balaban J connectivity index is 2.64. The number of hydrogen-bond donors (Lipinski definition) is 3. The zero-order chi connectivity index (χ0) is 14.1. The van der Waals surface area contributed by atoms with Crippen LogP contribution < -0.4 is 5.32 Å². The van der Waals surface area contributed by atoms with Crippen LogP contribution in [0.1, 0.15) is 34.1 Å². The van der Waals surface area contributed by atoms with Gasteiger partial charge in [-0.05, 0) is 17.8 Å². The minimum Gasteiger partial charge on any atom is -0.481 e. The fraction of sp³-hybridized carbons (Fsp3) is 0.846. The number of aliphatic hydroxyl groups is 1. The molecule has 0 aromatic rings. The van der Waals surface area contributed by atoms with E-state index in [2.05, 4.69) is 5.32 Å². The molecule has 1 fully saturated rings. The first-order chi connectivity index (χ1) is 8.23. The van der Waals surface area contributed by atoms with Gasteiger partial charge in [0.15, 0.2) is 0 Å². The predicted octanol–water partition coefficient (Wildman–Crippen LogP) is 0.866. The van der Waals surface area contributed by atoms with E-state index in [0.717, 1.165) is 0 Å². The fourth-order valence-electron chi connectivity index (χ4n) is 2.57. The number of carboxylic acids is 1. The first-order valence-corrected chi connectivity index (χ1v) is 6.37. The van der Waals surface area contributed by atoms with Gasteiger partial charge in [-0.15, -0.1) is 0 Å². The molecule has 3 atom stereocenters. The van der Waals surface area contributed by atoms with Crippen LogP contribution in [0.25, 0.3) is 0 Å². The zero-order valence-electron chi connectivity index (χ0n) is 11.4. The third-order valence-corrected chi connectivity index (χ3v) is 3.95. The Labute approximate surface area is 108 Å². The van der Waals surface area contributed by atoms with Gasteiger partial charge < -0.3 is 15.5 Å². The van der Waals surface area contributed by atoms with Gasteiger partial charge in [-0.3, -0.25) is 9.59 Å². The van der Waals surface area contributed by atoms with E-state index >= 15 is 0 Å². The molecule has 18 heavy (non-hydrogen) atoms. The van der Waals surface area contributed by atoms with E-state index in [0.29, 0.717) is 6.42 Å². The lowest BCUT2D eigenvalue weighted by Crippen LogP contribution is -2.40. The molecule has 3 N–H and O–H groups in total. The summed E-state index contributed by atoms with van der Waals surface area (Å²) in [5, 5.41) is 20.8. The molecule has 1 aliphatic rings. The maximum atomic E-state index is 12.1. The Morgan fingerprint density at radius 3 is 2.17 bits per heavy atom. The Hall–Kier alpha value is -1.10. The molecule has 1 aliphatic carbocycles. The highest BCUT2D eigenvalue weighted by molar-refractivity contribution is 5.91. The van der Waals surface area contributed by atoms with Gasteiger partial charge in [-0.1, -0.05) is 27.7 Å². The van der Waals surface area contributed by atoms with Crippen molar-refractivity contribution in [2.75, 3.05) is 6.61 Å². The minimum absolute atomic E-state index is 0.0134. The Kier molecular flexibility index (Phi) is 4.37. The summed E-state index contributed by atoms with van der Waals surface area (Å²) in [6, 6.07) is -0.103. The third-order valence-electron chi connectivity index (χ3n) is 3.95. The summed E-state index contributed by atoms with van der Waals surface area (Å²) in [6.45, 7) is 7.54. The van der Waals surface area contributed by atoms with Crippen molar-refractivity contribution >= 4 is 11.9 Å². The molecule has 5 nitrogen and oxygen atoms in total. The second-order valence-electron chi connectivity index (χ2n) is 5.99. The first kappa shape index (κ1) is 15.0. The fourth-order valence-corrected chi connectivity index (χ4v) is 2.57. The normalized spacial score (nSPS) is 26.8. The second kappa shape index (κ2) is 5.26. The van der Waals surface area contributed by atoms with Gasteiger partial charge in [0.1, 0.15) is 0 Å². The van der Waals surface area contributed by atoms with Crippen molar-refractivity contribution in [3.63, 3.8) is 0 Å². The molecule has 0 aromatic heterocycles. The summed E-state index contributed by atoms with van der Waals surface area (Å²) in [7, 11) is 0. The third kappa shape index (κ3) is 2.83. The van der Waals surface area contributed by atoms with Crippen molar-refractivity contribution < 1.29 is 19.8 Å². The molecule has 1 saturated carbocycles. The maximum Gasteiger partial charge on any atom is 0.307 e. The smallest absolute Gasteiger partial charge is 0.307 e. The Morgan fingerprint density at radius 2 is 1.83 bits per heavy atom. The van der Waals surface area contributed by atoms with Crippen LogP contribution in [0.4, 0.5) is 0 Å². The van der Waals surface area contributed by atoms with Crippen LogP contribution in [0, 0.1) is 23.2 Å². The lowest BCUT2D eigenvalue weighted by Gasteiger charge is -2.21. The number of carbonyl (C=O) groups excluding carboxylic acids is 1. The number of carboxylic acid groups (broad SMARTS) is 1. The maximum absolute atomic E-state index is 12.1. The molecular weight excluding hydrogens is 234 g/mol. The van der Waals surface area contributed by atoms with Crippen molar-refractivity contribution in [2.24, 2.45) is 23.2 Å². The van der Waals surface area contributed by atoms with Crippen LogP contribution in [-0.2, 0) is 9.59 Å². The van der Waals surface area contributed by atoms with Crippen molar-refractivity contribution in [2.45, 2.75) is 40.2 Å². The van der Waals surface area contributed by atoms with Gasteiger partial charge in [0.25, 0.3) is 0 Å². The highest BCUT2D eigenvalue weighted by atomic mass is 16.4. The highest BCUT2D eigenvalue weighted by Gasteiger charge is 2.65.